The zero-order valence-electron chi connectivity index (χ0n) is 15.0. The summed E-state index contributed by atoms with van der Waals surface area (Å²) in [4.78, 5) is 19.2. The Morgan fingerprint density at radius 1 is 1.12 bits per heavy atom. The summed E-state index contributed by atoms with van der Waals surface area (Å²) in [6.07, 6.45) is 0. The Kier molecular flexibility index (Phi) is 5.86. The Hall–Kier alpha value is -2.43. The van der Waals surface area contributed by atoms with E-state index in [0.29, 0.717) is 17.3 Å². The summed E-state index contributed by atoms with van der Waals surface area (Å²) in [5.41, 5.74) is 3.57. The number of aromatic nitrogens is 1. The van der Waals surface area contributed by atoms with E-state index in [1.54, 1.807) is 6.07 Å². The Morgan fingerprint density at radius 2 is 1.88 bits per heavy atom. The molecule has 4 nitrogen and oxygen atoms in total. The molecule has 0 atom stereocenters. The number of fused-ring (bicyclic) bond motifs is 1. The first kappa shape index (κ1) is 18.4. The molecule has 1 aromatic heterocycles. The number of nitrogens with one attached hydrogen (secondary N) is 1. The Labute approximate surface area is 158 Å². The predicted molar refractivity (Wildman–Crippen MR) is 106 cm³/mol. The third-order valence-electron chi connectivity index (χ3n) is 4.37. The normalized spacial score (nSPS) is 11.1. The second kappa shape index (κ2) is 8.30. The number of carbonyl (C=O) groups is 1. The van der Waals surface area contributed by atoms with Crippen molar-refractivity contribution in [1.82, 2.24) is 15.2 Å². The van der Waals surface area contributed by atoms with Gasteiger partial charge >= 0.3 is 0 Å². The largest absolute Gasteiger partial charge is 0.348 e. The summed E-state index contributed by atoms with van der Waals surface area (Å²) in [6, 6.07) is 17.4. The van der Waals surface area contributed by atoms with Gasteiger partial charge in [-0.15, -0.1) is 0 Å². The van der Waals surface area contributed by atoms with Crippen LogP contribution in [0.1, 0.15) is 28.4 Å². The van der Waals surface area contributed by atoms with Crippen LogP contribution in [0.15, 0.2) is 54.6 Å². The van der Waals surface area contributed by atoms with Crippen LogP contribution in [0.4, 0.5) is 0 Å². The first-order chi connectivity index (χ1) is 12.6. The lowest BCUT2D eigenvalue weighted by Gasteiger charge is -2.14. The molecular weight excluding hydrogens is 346 g/mol. The van der Waals surface area contributed by atoms with Gasteiger partial charge in [-0.25, -0.2) is 4.98 Å². The Bertz CT molecular complexity index is 926. The van der Waals surface area contributed by atoms with Crippen LogP contribution < -0.4 is 5.32 Å². The van der Waals surface area contributed by atoms with Crippen LogP contribution in [-0.2, 0) is 13.1 Å². The number of nitrogens with zero attached hydrogens (tertiary/aromatic N) is 2. The van der Waals surface area contributed by atoms with E-state index in [1.807, 2.05) is 36.4 Å². The fraction of sp³-hybridized carbons (Fsp3) is 0.238. The second-order valence-electron chi connectivity index (χ2n) is 6.34. The Morgan fingerprint density at radius 3 is 2.69 bits per heavy atom. The van der Waals surface area contributed by atoms with E-state index in [0.717, 1.165) is 29.6 Å². The van der Waals surface area contributed by atoms with Crippen LogP contribution >= 0.6 is 11.6 Å². The molecule has 1 amide bonds. The van der Waals surface area contributed by atoms with Gasteiger partial charge in [-0.3, -0.25) is 4.79 Å². The number of pyridine rings is 1. The first-order valence-electron chi connectivity index (χ1n) is 8.66. The molecule has 0 fully saturated rings. The highest BCUT2D eigenvalue weighted by atomic mass is 35.5. The summed E-state index contributed by atoms with van der Waals surface area (Å²) in [5.74, 6) is -0.151. The highest BCUT2D eigenvalue weighted by molar-refractivity contribution is 6.30. The number of para-hydroxylation sites is 1. The molecule has 0 saturated heterocycles. The molecule has 1 N–H and O–H groups in total. The lowest BCUT2D eigenvalue weighted by atomic mass is 10.1. The monoisotopic (exact) mass is 367 g/mol. The van der Waals surface area contributed by atoms with Crippen molar-refractivity contribution >= 4 is 28.4 Å². The van der Waals surface area contributed by atoms with Crippen molar-refractivity contribution in [2.75, 3.05) is 13.6 Å². The number of amides is 1. The van der Waals surface area contributed by atoms with E-state index in [9.17, 15) is 4.79 Å². The van der Waals surface area contributed by atoms with E-state index in [1.165, 1.54) is 5.56 Å². The van der Waals surface area contributed by atoms with Crippen molar-refractivity contribution in [2.24, 2.45) is 0 Å². The molecule has 0 saturated carbocycles. The van der Waals surface area contributed by atoms with Gasteiger partial charge in [-0.05, 0) is 36.9 Å². The number of hydrogen-bond acceptors (Lipinski definition) is 3. The van der Waals surface area contributed by atoms with Crippen molar-refractivity contribution in [3.63, 3.8) is 0 Å². The van der Waals surface area contributed by atoms with Crippen molar-refractivity contribution in [1.29, 1.82) is 0 Å². The fourth-order valence-corrected chi connectivity index (χ4v) is 3.07. The van der Waals surface area contributed by atoms with Gasteiger partial charge < -0.3 is 10.2 Å². The first-order valence-corrected chi connectivity index (χ1v) is 9.04. The Balaban J connectivity index is 1.75. The molecule has 1 heterocycles. The highest BCUT2D eigenvalue weighted by Crippen LogP contribution is 2.21. The summed E-state index contributed by atoms with van der Waals surface area (Å²) in [6.45, 7) is 4.49. The molecule has 0 aliphatic heterocycles. The molecule has 2 aromatic carbocycles. The van der Waals surface area contributed by atoms with Crippen molar-refractivity contribution in [3.8, 4) is 0 Å². The van der Waals surface area contributed by atoms with Gasteiger partial charge in [0.05, 0.1) is 11.1 Å². The van der Waals surface area contributed by atoms with Crippen molar-refractivity contribution in [3.05, 3.63) is 76.4 Å². The summed E-state index contributed by atoms with van der Waals surface area (Å²) < 4.78 is 0. The molecule has 3 aromatic rings. The number of benzene rings is 2. The van der Waals surface area contributed by atoms with Gasteiger partial charge in [0.15, 0.2) is 0 Å². The SMILES string of the molecule is CCN(C)Cc1cccc(CNC(=O)c2cc(Cl)nc3ccccc23)c1. The molecule has 134 valence electrons. The lowest BCUT2D eigenvalue weighted by molar-refractivity contribution is 0.0952. The van der Waals surface area contributed by atoms with Crippen LogP contribution in [0.2, 0.25) is 5.15 Å². The quantitative estimate of drug-likeness (QED) is 0.662. The smallest absolute Gasteiger partial charge is 0.252 e. The second-order valence-corrected chi connectivity index (χ2v) is 6.73. The summed E-state index contributed by atoms with van der Waals surface area (Å²) >= 11 is 6.07. The highest BCUT2D eigenvalue weighted by Gasteiger charge is 2.12. The molecule has 26 heavy (non-hydrogen) atoms. The van der Waals surface area contributed by atoms with Gasteiger partial charge in [0, 0.05) is 18.5 Å². The average Bonchev–Trinajstić information content (AvgIpc) is 2.65. The average molecular weight is 368 g/mol. The zero-order valence-corrected chi connectivity index (χ0v) is 15.8. The number of rotatable bonds is 6. The van der Waals surface area contributed by atoms with Crippen LogP contribution in [0, 0.1) is 0 Å². The minimum atomic E-state index is -0.151. The maximum Gasteiger partial charge on any atom is 0.252 e. The summed E-state index contributed by atoms with van der Waals surface area (Å²) in [5, 5.41) is 4.11. The maximum absolute atomic E-state index is 12.7. The lowest BCUT2D eigenvalue weighted by Crippen LogP contribution is -2.23. The van der Waals surface area contributed by atoms with E-state index in [2.05, 4.69) is 41.3 Å². The molecule has 0 aliphatic carbocycles. The maximum atomic E-state index is 12.7. The molecule has 0 bridgehead atoms. The van der Waals surface area contributed by atoms with Crippen molar-refractivity contribution < 1.29 is 4.79 Å². The van der Waals surface area contributed by atoms with Gasteiger partial charge in [0.2, 0.25) is 0 Å². The van der Waals surface area contributed by atoms with Crippen LogP contribution in [0.5, 0.6) is 0 Å². The zero-order chi connectivity index (χ0) is 18.5. The number of carbonyl (C=O) groups excluding carboxylic acids is 1. The minimum absolute atomic E-state index is 0.151. The van der Waals surface area contributed by atoms with Crippen molar-refractivity contribution in [2.45, 2.75) is 20.0 Å². The minimum Gasteiger partial charge on any atom is -0.348 e. The van der Waals surface area contributed by atoms with Crippen LogP contribution in [0.3, 0.4) is 0 Å². The third kappa shape index (κ3) is 4.40. The van der Waals surface area contributed by atoms with Gasteiger partial charge in [0.1, 0.15) is 5.15 Å². The molecule has 0 aliphatic rings. The third-order valence-corrected chi connectivity index (χ3v) is 4.56. The van der Waals surface area contributed by atoms with Crippen LogP contribution in [-0.4, -0.2) is 29.4 Å². The van der Waals surface area contributed by atoms with E-state index >= 15 is 0 Å². The molecular formula is C21H22ClN3O. The molecule has 5 heteroatoms. The van der Waals surface area contributed by atoms with Gasteiger partial charge in [0.25, 0.3) is 5.91 Å². The van der Waals surface area contributed by atoms with E-state index in [4.69, 9.17) is 11.6 Å². The summed E-state index contributed by atoms with van der Waals surface area (Å²) in [7, 11) is 2.09. The van der Waals surface area contributed by atoms with Gasteiger partial charge in [-0.2, -0.15) is 0 Å². The van der Waals surface area contributed by atoms with E-state index in [-0.39, 0.29) is 5.91 Å². The number of halogens is 1. The molecule has 0 spiro atoms. The molecule has 3 rings (SSSR count). The topological polar surface area (TPSA) is 45.2 Å². The van der Waals surface area contributed by atoms with Gasteiger partial charge in [-0.1, -0.05) is 61.0 Å². The standard InChI is InChI=1S/C21H22ClN3O/c1-3-25(2)14-16-8-6-7-15(11-16)13-23-21(26)18-12-20(22)24-19-10-5-4-9-17(18)19/h4-12H,3,13-14H2,1-2H3,(H,23,26). The van der Waals surface area contributed by atoms with Crippen LogP contribution in [0.25, 0.3) is 10.9 Å². The predicted octanol–water partition coefficient (Wildman–Crippen LogP) is 4.27. The number of hydrogen-bond donors (Lipinski definition) is 1. The molecule has 0 unspecified atom stereocenters. The molecule has 0 radical (unpaired) electrons. The fourth-order valence-electron chi connectivity index (χ4n) is 2.87. The van der Waals surface area contributed by atoms with E-state index < -0.39 is 0 Å².